The zero-order valence-corrected chi connectivity index (χ0v) is 9.47. The Labute approximate surface area is 101 Å². The number of aromatic nitrogens is 1. The molecular weight excluding hydrogens is 212 g/mol. The second-order valence-electron chi connectivity index (χ2n) is 3.77. The Morgan fingerprint density at radius 2 is 1.76 bits per heavy atom. The lowest BCUT2D eigenvalue weighted by atomic mass is 10.1. The molecule has 1 heterocycles. The van der Waals surface area contributed by atoms with Crippen LogP contribution in [0.15, 0.2) is 54.9 Å². The number of hydrogen-bond acceptors (Lipinski definition) is 2. The predicted molar refractivity (Wildman–Crippen MR) is 67.6 cm³/mol. The normalized spacial score (nSPS) is 9.88. The molecule has 0 radical (unpaired) electrons. The molecule has 2 aromatic rings. The van der Waals surface area contributed by atoms with Gasteiger partial charge in [0.1, 0.15) is 0 Å². The summed E-state index contributed by atoms with van der Waals surface area (Å²) in [4.78, 5) is 15.5. The van der Waals surface area contributed by atoms with Crippen LogP contribution < -0.4 is 5.32 Å². The molecule has 1 aromatic carbocycles. The fraction of sp³-hybridized carbons (Fsp3) is 0.143. The van der Waals surface area contributed by atoms with Crippen molar-refractivity contribution in [2.24, 2.45) is 0 Å². The molecule has 3 nitrogen and oxygen atoms in total. The van der Waals surface area contributed by atoms with Crippen LogP contribution in [-0.4, -0.2) is 10.9 Å². The number of carbonyl (C=O) groups is 1. The number of rotatable bonds is 4. The molecule has 3 heteroatoms. The Morgan fingerprint density at radius 3 is 2.47 bits per heavy atom. The van der Waals surface area contributed by atoms with Crippen LogP contribution >= 0.6 is 0 Å². The van der Waals surface area contributed by atoms with E-state index in [1.165, 1.54) is 5.56 Å². The average molecular weight is 226 g/mol. The molecule has 0 saturated heterocycles. The van der Waals surface area contributed by atoms with Crippen molar-refractivity contribution in [3.8, 4) is 0 Å². The van der Waals surface area contributed by atoms with Crippen molar-refractivity contribution < 1.29 is 4.79 Å². The lowest BCUT2D eigenvalue weighted by molar-refractivity contribution is -0.116. The largest absolute Gasteiger partial charge is 0.326 e. The first kappa shape index (κ1) is 11.3. The van der Waals surface area contributed by atoms with Gasteiger partial charge in [-0.1, -0.05) is 30.3 Å². The minimum absolute atomic E-state index is 0.0278. The highest BCUT2D eigenvalue weighted by atomic mass is 16.1. The van der Waals surface area contributed by atoms with Gasteiger partial charge in [-0.25, -0.2) is 0 Å². The molecule has 0 spiro atoms. The van der Waals surface area contributed by atoms with Gasteiger partial charge in [0, 0.05) is 24.5 Å². The summed E-state index contributed by atoms with van der Waals surface area (Å²) in [6, 6.07) is 13.5. The molecule has 0 bridgehead atoms. The number of nitrogens with zero attached hydrogens (tertiary/aromatic N) is 1. The van der Waals surface area contributed by atoms with Gasteiger partial charge >= 0.3 is 0 Å². The number of carbonyl (C=O) groups excluding carboxylic acids is 1. The molecule has 2 rings (SSSR count). The molecule has 0 unspecified atom stereocenters. The summed E-state index contributed by atoms with van der Waals surface area (Å²) < 4.78 is 0. The van der Waals surface area contributed by atoms with Gasteiger partial charge in [-0.3, -0.25) is 9.78 Å². The van der Waals surface area contributed by atoms with Crippen LogP contribution in [0.25, 0.3) is 0 Å². The second kappa shape index (κ2) is 5.80. The molecule has 1 aromatic heterocycles. The van der Waals surface area contributed by atoms with Crippen LogP contribution in [0.2, 0.25) is 0 Å². The van der Waals surface area contributed by atoms with E-state index in [9.17, 15) is 4.79 Å². The SMILES string of the molecule is O=C(CCc1ccccc1)Nc1ccncc1. The van der Waals surface area contributed by atoms with Crippen molar-refractivity contribution >= 4 is 11.6 Å². The number of pyridine rings is 1. The summed E-state index contributed by atoms with van der Waals surface area (Å²) in [5.74, 6) is 0.0278. The summed E-state index contributed by atoms with van der Waals surface area (Å²) in [6.07, 6.45) is 4.57. The Kier molecular flexibility index (Phi) is 3.86. The van der Waals surface area contributed by atoms with Gasteiger partial charge in [0.25, 0.3) is 0 Å². The molecule has 1 amide bonds. The van der Waals surface area contributed by atoms with Crippen LogP contribution in [-0.2, 0) is 11.2 Å². The highest BCUT2D eigenvalue weighted by Crippen LogP contribution is 2.06. The highest BCUT2D eigenvalue weighted by Gasteiger charge is 2.02. The summed E-state index contributed by atoms with van der Waals surface area (Å²) in [6.45, 7) is 0. The predicted octanol–water partition coefficient (Wildman–Crippen LogP) is 2.65. The Bertz CT molecular complexity index is 468. The van der Waals surface area contributed by atoms with E-state index in [2.05, 4.69) is 10.3 Å². The van der Waals surface area contributed by atoms with Crippen molar-refractivity contribution in [1.29, 1.82) is 0 Å². The van der Waals surface area contributed by atoms with E-state index in [1.807, 2.05) is 30.3 Å². The smallest absolute Gasteiger partial charge is 0.224 e. The molecule has 0 aliphatic carbocycles. The van der Waals surface area contributed by atoms with Gasteiger partial charge in [-0.05, 0) is 24.1 Å². The van der Waals surface area contributed by atoms with Crippen LogP contribution in [0, 0.1) is 0 Å². The van der Waals surface area contributed by atoms with Gasteiger partial charge in [-0.2, -0.15) is 0 Å². The molecular formula is C14H14N2O. The van der Waals surface area contributed by atoms with E-state index in [0.717, 1.165) is 12.1 Å². The van der Waals surface area contributed by atoms with Crippen molar-refractivity contribution in [2.45, 2.75) is 12.8 Å². The van der Waals surface area contributed by atoms with E-state index in [4.69, 9.17) is 0 Å². The molecule has 0 aliphatic rings. The lowest BCUT2D eigenvalue weighted by Gasteiger charge is -2.04. The molecule has 0 atom stereocenters. The van der Waals surface area contributed by atoms with E-state index in [1.54, 1.807) is 24.5 Å². The Morgan fingerprint density at radius 1 is 1.06 bits per heavy atom. The van der Waals surface area contributed by atoms with Crippen molar-refractivity contribution in [1.82, 2.24) is 4.98 Å². The first-order valence-corrected chi connectivity index (χ1v) is 5.58. The topological polar surface area (TPSA) is 42.0 Å². The standard InChI is InChI=1S/C14H14N2O/c17-14(16-13-8-10-15-11-9-13)7-6-12-4-2-1-3-5-12/h1-5,8-11H,6-7H2,(H,15,16,17). The first-order chi connectivity index (χ1) is 8.34. The van der Waals surface area contributed by atoms with Gasteiger partial charge in [-0.15, -0.1) is 0 Å². The van der Waals surface area contributed by atoms with Crippen molar-refractivity contribution in [2.75, 3.05) is 5.32 Å². The van der Waals surface area contributed by atoms with Crippen LogP contribution in [0.1, 0.15) is 12.0 Å². The molecule has 86 valence electrons. The van der Waals surface area contributed by atoms with E-state index < -0.39 is 0 Å². The minimum atomic E-state index is 0.0278. The van der Waals surface area contributed by atoms with Crippen molar-refractivity contribution in [3.05, 3.63) is 60.4 Å². The Hall–Kier alpha value is -2.16. The number of aryl methyl sites for hydroxylation is 1. The third kappa shape index (κ3) is 3.72. The fourth-order valence-electron chi connectivity index (χ4n) is 1.56. The lowest BCUT2D eigenvalue weighted by Crippen LogP contribution is -2.12. The van der Waals surface area contributed by atoms with E-state index in [0.29, 0.717) is 6.42 Å². The van der Waals surface area contributed by atoms with Crippen LogP contribution in [0.3, 0.4) is 0 Å². The summed E-state index contributed by atoms with van der Waals surface area (Å²) in [7, 11) is 0. The fourth-order valence-corrected chi connectivity index (χ4v) is 1.56. The maximum Gasteiger partial charge on any atom is 0.224 e. The average Bonchev–Trinajstić information content (AvgIpc) is 2.39. The highest BCUT2D eigenvalue weighted by molar-refractivity contribution is 5.90. The number of anilines is 1. The number of benzene rings is 1. The van der Waals surface area contributed by atoms with E-state index in [-0.39, 0.29) is 5.91 Å². The summed E-state index contributed by atoms with van der Waals surface area (Å²) in [5.41, 5.74) is 1.97. The zero-order valence-electron chi connectivity index (χ0n) is 9.47. The van der Waals surface area contributed by atoms with E-state index >= 15 is 0 Å². The number of hydrogen-bond donors (Lipinski definition) is 1. The minimum Gasteiger partial charge on any atom is -0.326 e. The summed E-state index contributed by atoms with van der Waals surface area (Å²) in [5, 5.41) is 2.83. The monoisotopic (exact) mass is 226 g/mol. The second-order valence-corrected chi connectivity index (χ2v) is 3.77. The summed E-state index contributed by atoms with van der Waals surface area (Å²) >= 11 is 0. The van der Waals surface area contributed by atoms with Gasteiger partial charge in [0.15, 0.2) is 0 Å². The number of amides is 1. The number of nitrogens with one attached hydrogen (secondary N) is 1. The van der Waals surface area contributed by atoms with Crippen LogP contribution in [0.4, 0.5) is 5.69 Å². The molecule has 17 heavy (non-hydrogen) atoms. The maximum absolute atomic E-state index is 11.7. The van der Waals surface area contributed by atoms with Gasteiger partial charge in [0.05, 0.1) is 0 Å². The molecule has 0 fully saturated rings. The molecule has 0 saturated carbocycles. The van der Waals surface area contributed by atoms with Gasteiger partial charge < -0.3 is 5.32 Å². The Balaban J connectivity index is 1.83. The van der Waals surface area contributed by atoms with Crippen LogP contribution in [0.5, 0.6) is 0 Å². The quantitative estimate of drug-likeness (QED) is 0.870. The van der Waals surface area contributed by atoms with Crippen molar-refractivity contribution in [3.63, 3.8) is 0 Å². The molecule has 0 aliphatic heterocycles. The third-order valence-electron chi connectivity index (χ3n) is 2.45. The van der Waals surface area contributed by atoms with Gasteiger partial charge in [0.2, 0.25) is 5.91 Å². The first-order valence-electron chi connectivity index (χ1n) is 5.58. The maximum atomic E-state index is 11.7. The zero-order chi connectivity index (χ0) is 11.9. The third-order valence-corrected chi connectivity index (χ3v) is 2.45. The molecule has 1 N–H and O–H groups in total.